The summed E-state index contributed by atoms with van der Waals surface area (Å²) in [6, 6.07) is 15.2. The van der Waals surface area contributed by atoms with Crippen molar-refractivity contribution >= 4 is 17.6 Å². The summed E-state index contributed by atoms with van der Waals surface area (Å²) in [6.07, 6.45) is 7.15. The van der Waals surface area contributed by atoms with Crippen molar-refractivity contribution in [3.63, 3.8) is 0 Å². The number of hydrogen-bond acceptors (Lipinski definition) is 5. The zero-order valence-corrected chi connectivity index (χ0v) is 22.1. The topological polar surface area (TPSA) is 52.8 Å². The zero-order chi connectivity index (χ0) is 26.4. The lowest BCUT2D eigenvalue weighted by Crippen LogP contribution is -2.18. The normalized spacial score (nSPS) is 16.1. The molecule has 0 amide bonds. The Labute approximate surface area is 219 Å². The van der Waals surface area contributed by atoms with Gasteiger partial charge in [0, 0.05) is 36.1 Å². The lowest BCUT2D eigenvalue weighted by Gasteiger charge is -2.20. The number of benzene rings is 2. The number of halogens is 1. The fourth-order valence-corrected chi connectivity index (χ4v) is 4.64. The van der Waals surface area contributed by atoms with E-state index in [4.69, 9.17) is 9.82 Å². The Morgan fingerprint density at radius 3 is 2.59 bits per heavy atom. The first-order valence-electron chi connectivity index (χ1n) is 12.8. The van der Waals surface area contributed by atoms with Crippen LogP contribution in [0.25, 0.3) is 17.0 Å². The molecule has 2 aromatic carbocycles. The van der Waals surface area contributed by atoms with Gasteiger partial charge >= 0.3 is 0 Å². The van der Waals surface area contributed by atoms with E-state index in [1.807, 2.05) is 18.1 Å². The van der Waals surface area contributed by atoms with E-state index in [1.54, 1.807) is 24.4 Å². The number of rotatable bonds is 11. The molecule has 1 saturated heterocycles. The van der Waals surface area contributed by atoms with E-state index in [2.05, 4.69) is 61.9 Å². The van der Waals surface area contributed by atoms with E-state index in [-0.39, 0.29) is 11.9 Å². The van der Waals surface area contributed by atoms with Crippen LogP contribution in [0.15, 0.2) is 72.3 Å². The van der Waals surface area contributed by atoms with Crippen LogP contribution < -0.4 is 5.32 Å². The van der Waals surface area contributed by atoms with Gasteiger partial charge in [0.2, 0.25) is 0 Å². The van der Waals surface area contributed by atoms with Crippen molar-refractivity contribution in [3.8, 4) is 11.3 Å². The van der Waals surface area contributed by atoms with Gasteiger partial charge in [-0.15, -0.1) is 0 Å². The van der Waals surface area contributed by atoms with Crippen LogP contribution in [0.1, 0.15) is 54.3 Å². The number of pyridine rings is 1. The van der Waals surface area contributed by atoms with Crippen LogP contribution in [0.3, 0.4) is 0 Å². The van der Waals surface area contributed by atoms with Gasteiger partial charge in [-0.1, -0.05) is 31.7 Å². The van der Waals surface area contributed by atoms with Gasteiger partial charge in [0.15, 0.2) is 0 Å². The smallest absolute Gasteiger partial charge is 0.145 e. The van der Waals surface area contributed by atoms with Crippen LogP contribution in [0.5, 0.6) is 0 Å². The standard InChI is InChI=1S/C31H35FN4O/c1-6-16-33-29-14-11-24(18-21(29)4)28(7-2)34-17-15-26-19-27(30(8-3)36-20-37-36)22(5)31(35-26)23-9-12-25(32)13-10-23/h6-7,9-14,16,18-19,30,34H,1,8,15,17,20H2,2-5H3/b28-7-,33-16?. The molecule has 192 valence electrons. The molecule has 2 heterocycles. The molecule has 6 heteroatoms. The molecule has 4 rings (SSSR count). The summed E-state index contributed by atoms with van der Waals surface area (Å²) in [7, 11) is 0. The molecule has 37 heavy (non-hydrogen) atoms. The van der Waals surface area contributed by atoms with Crippen molar-refractivity contribution < 1.29 is 9.23 Å². The molecule has 1 N–H and O–H groups in total. The lowest BCUT2D eigenvalue weighted by atomic mass is 9.94. The lowest BCUT2D eigenvalue weighted by molar-refractivity contribution is 0.143. The van der Waals surface area contributed by atoms with E-state index in [9.17, 15) is 4.39 Å². The second-order valence-electron chi connectivity index (χ2n) is 9.18. The summed E-state index contributed by atoms with van der Waals surface area (Å²) in [6.45, 7) is 13.4. The summed E-state index contributed by atoms with van der Waals surface area (Å²) in [5, 5.41) is 5.59. The number of aliphatic imine (C=N–C) groups is 1. The maximum atomic E-state index is 13.6. The third kappa shape index (κ3) is 6.40. The molecule has 5 nitrogen and oxygen atoms in total. The number of aryl methyl sites for hydroxylation is 1. The molecule has 1 aliphatic heterocycles. The van der Waals surface area contributed by atoms with E-state index in [0.717, 1.165) is 64.4 Å². The van der Waals surface area contributed by atoms with Gasteiger partial charge in [-0.3, -0.25) is 14.8 Å². The van der Waals surface area contributed by atoms with Crippen LogP contribution in [-0.4, -0.2) is 29.5 Å². The number of hydroxylamine groups is 2. The van der Waals surface area contributed by atoms with Crippen LogP contribution >= 0.6 is 0 Å². The molecule has 0 spiro atoms. The van der Waals surface area contributed by atoms with Crippen LogP contribution in [0.4, 0.5) is 10.1 Å². The minimum Gasteiger partial charge on any atom is -0.384 e. The predicted molar refractivity (Wildman–Crippen MR) is 150 cm³/mol. The van der Waals surface area contributed by atoms with Gasteiger partial charge in [0.1, 0.15) is 12.5 Å². The van der Waals surface area contributed by atoms with Crippen molar-refractivity contribution in [2.24, 2.45) is 4.99 Å². The molecular weight excluding hydrogens is 463 g/mol. The van der Waals surface area contributed by atoms with Crippen LogP contribution in [-0.2, 0) is 11.3 Å². The van der Waals surface area contributed by atoms with Crippen molar-refractivity contribution in [1.29, 1.82) is 0 Å². The quantitative estimate of drug-likeness (QED) is 0.224. The Morgan fingerprint density at radius 2 is 1.97 bits per heavy atom. The minimum atomic E-state index is -0.249. The molecule has 3 aromatic rings. The Balaban J connectivity index is 1.56. The van der Waals surface area contributed by atoms with Crippen molar-refractivity contribution in [3.05, 3.63) is 101 Å². The summed E-state index contributed by atoms with van der Waals surface area (Å²) in [4.78, 5) is 15.0. The predicted octanol–water partition coefficient (Wildman–Crippen LogP) is 7.24. The molecule has 1 fully saturated rings. The summed E-state index contributed by atoms with van der Waals surface area (Å²) in [5.41, 5.74) is 9.35. The van der Waals surface area contributed by atoms with Gasteiger partial charge < -0.3 is 5.32 Å². The molecule has 1 aliphatic rings. The first kappa shape index (κ1) is 26.5. The summed E-state index contributed by atoms with van der Waals surface area (Å²) in [5.74, 6) is -0.249. The fraction of sp³-hybridized carbons (Fsp3) is 0.290. The Hall–Kier alpha value is -3.61. The monoisotopic (exact) mass is 498 g/mol. The number of allylic oxidation sites excluding steroid dienone is 2. The van der Waals surface area contributed by atoms with Gasteiger partial charge in [0.25, 0.3) is 0 Å². The molecule has 0 saturated carbocycles. The first-order valence-corrected chi connectivity index (χ1v) is 12.8. The van der Waals surface area contributed by atoms with Gasteiger partial charge in [0.05, 0.1) is 17.4 Å². The summed E-state index contributed by atoms with van der Waals surface area (Å²) < 4.78 is 13.6. The zero-order valence-electron chi connectivity index (χ0n) is 22.1. The number of nitrogens with zero attached hydrogens (tertiary/aromatic N) is 3. The molecule has 0 bridgehead atoms. The molecule has 2 unspecified atom stereocenters. The maximum absolute atomic E-state index is 13.6. The third-order valence-corrected chi connectivity index (χ3v) is 6.67. The van der Waals surface area contributed by atoms with E-state index in [1.165, 1.54) is 17.7 Å². The van der Waals surface area contributed by atoms with Crippen molar-refractivity contribution in [2.75, 3.05) is 13.3 Å². The molecule has 1 aromatic heterocycles. The van der Waals surface area contributed by atoms with E-state index < -0.39 is 0 Å². The second kappa shape index (κ2) is 12.1. The molecule has 0 radical (unpaired) electrons. The minimum absolute atomic E-state index is 0.172. The number of aromatic nitrogens is 1. The van der Waals surface area contributed by atoms with E-state index in [0.29, 0.717) is 6.73 Å². The SMILES string of the molecule is C=CC=Nc1ccc(/C(=C/C)NCCc2cc(C(CC)N3CO3)c(C)c(-c3ccc(F)cc3)n2)cc1C. The highest BCUT2D eigenvalue weighted by molar-refractivity contribution is 5.75. The third-order valence-electron chi connectivity index (χ3n) is 6.67. The average Bonchev–Trinajstić information content (AvgIpc) is 3.74. The van der Waals surface area contributed by atoms with Crippen molar-refractivity contribution in [1.82, 2.24) is 15.4 Å². The molecule has 2 atom stereocenters. The average molecular weight is 499 g/mol. The maximum Gasteiger partial charge on any atom is 0.145 e. The van der Waals surface area contributed by atoms with E-state index >= 15 is 0 Å². The van der Waals surface area contributed by atoms with Crippen molar-refractivity contribution in [2.45, 2.75) is 46.6 Å². The first-order chi connectivity index (χ1) is 17.9. The Bertz CT molecular complexity index is 1310. The Morgan fingerprint density at radius 1 is 1.22 bits per heavy atom. The van der Waals surface area contributed by atoms with Gasteiger partial charge in [-0.2, -0.15) is 5.06 Å². The largest absolute Gasteiger partial charge is 0.384 e. The summed E-state index contributed by atoms with van der Waals surface area (Å²) >= 11 is 0. The van der Waals surface area contributed by atoms with Gasteiger partial charge in [-0.05, 0) is 91.9 Å². The highest BCUT2D eigenvalue weighted by Crippen LogP contribution is 2.36. The highest BCUT2D eigenvalue weighted by Gasteiger charge is 2.31. The molecular formula is C31H35FN4O. The number of hydrogen-bond donors (Lipinski definition) is 1. The van der Waals surface area contributed by atoms with Crippen LogP contribution in [0, 0.1) is 19.7 Å². The number of nitrogens with one attached hydrogen (secondary N) is 1. The molecule has 0 aliphatic carbocycles. The van der Waals surface area contributed by atoms with Crippen LogP contribution in [0.2, 0.25) is 0 Å². The Kier molecular flexibility index (Phi) is 8.64. The highest BCUT2D eigenvalue weighted by atomic mass is 19.1. The second-order valence-corrected chi connectivity index (χ2v) is 9.18. The van der Waals surface area contributed by atoms with Gasteiger partial charge in [-0.25, -0.2) is 4.39 Å². The fourth-order valence-electron chi connectivity index (χ4n) is 4.64.